The van der Waals surface area contributed by atoms with E-state index in [9.17, 15) is 9.18 Å². The predicted octanol–water partition coefficient (Wildman–Crippen LogP) is 3.03. The molecule has 3 heteroatoms. The summed E-state index contributed by atoms with van der Waals surface area (Å²) in [6.07, 6.45) is 5.64. The van der Waals surface area contributed by atoms with Crippen LogP contribution in [0.2, 0.25) is 0 Å². The van der Waals surface area contributed by atoms with Crippen molar-refractivity contribution in [2.45, 2.75) is 39.0 Å². The van der Waals surface area contributed by atoms with E-state index >= 15 is 0 Å². The summed E-state index contributed by atoms with van der Waals surface area (Å²) in [6, 6.07) is 0. The Bertz CT molecular complexity index is 188. The molecule has 0 aliphatic heterocycles. The van der Waals surface area contributed by atoms with Gasteiger partial charge in [0.1, 0.15) is 0 Å². The predicted molar refractivity (Wildman–Crippen MR) is 54.8 cm³/mol. The molecule has 0 aliphatic carbocycles. The minimum absolute atomic E-state index is 0.257. The highest BCUT2D eigenvalue weighted by atomic mass is 19.1. The summed E-state index contributed by atoms with van der Waals surface area (Å²) in [7, 11) is 1.38. The van der Waals surface area contributed by atoms with E-state index in [-0.39, 0.29) is 12.6 Å². The maximum atomic E-state index is 11.8. The van der Waals surface area contributed by atoms with Crippen LogP contribution in [0.4, 0.5) is 4.39 Å². The van der Waals surface area contributed by atoms with Crippen LogP contribution in [0.1, 0.15) is 39.0 Å². The lowest BCUT2D eigenvalue weighted by Crippen LogP contribution is -2.04. The summed E-state index contributed by atoms with van der Waals surface area (Å²) >= 11 is 0. The van der Waals surface area contributed by atoms with E-state index in [0.29, 0.717) is 12.0 Å². The zero-order valence-corrected chi connectivity index (χ0v) is 9.01. The fraction of sp³-hybridized carbons (Fsp3) is 0.727. The molecule has 0 radical (unpaired) electrons. The molecule has 0 atom stereocenters. The lowest BCUT2D eigenvalue weighted by Gasteiger charge is -2.03. The molecule has 0 bridgehead atoms. The topological polar surface area (TPSA) is 26.3 Å². The molecule has 82 valence electrons. The molecule has 14 heavy (non-hydrogen) atoms. The first kappa shape index (κ1) is 13.1. The van der Waals surface area contributed by atoms with Crippen molar-refractivity contribution < 1.29 is 13.9 Å². The number of carbonyl (C=O) groups excluding carboxylic acids is 1. The summed E-state index contributed by atoms with van der Waals surface area (Å²) in [5, 5.41) is 0. The van der Waals surface area contributed by atoms with E-state index in [2.05, 4.69) is 4.74 Å². The van der Waals surface area contributed by atoms with Gasteiger partial charge in [0.2, 0.25) is 0 Å². The Kier molecular flexibility index (Phi) is 8.19. The molecule has 0 saturated carbocycles. The van der Waals surface area contributed by atoms with Crippen molar-refractivity contribution in [1.82, 2.24) is 0 Å². The number of methoxy groups -OCH3 is 1. The zero-order valence-electron chi connectivity index (χ0n) is 9.01. The van der Waals surface area contributed by atoms with Gasteiger partial charge in [-0.15, -0.1) is 0 Å². The molecule has 0 aromatic carbocycles. The first-order chi connectivity index (χ1) is 6.76. The molecule has 0 heterocycles. The Morgan fingerprint density at radius 1 is 1.43 bits per heavy atom. The summed E-state index contributed by atoms with van der Waals surface area (Å²) in [5.74, 6) is -0.257. The van der Waals surface area contributed by atoms with Crippen LogP contribution in [0.15, 0.2) is 11.6 Å². The molecule has 0 saturated heterocycles. The zero-order chi connectivity index (χ0) is 10.8. The van der Waals surface area contributed by atoms with Crippen molar-refractivity contribution >= 4 is 5.97 Å². The molecule has 0 aliphatic rings. The van der Waals surface area contributed by atoms with E-state index in [1.165, 1.54) is 7.11 Å². The first-order valence-electron chi connectivity index (χ1n) is 5.09. The molecule has 0 fully saturated rings. The third kappa shape index (κ3) is 5.73. The van der Waals surface area contributed by atoms with Crippen LogP contribution in [-0.2, 0) is 9.53 Å². The largest absolute Gasteiger partial charge is 0.466 e. The molecule has 0 unspecified atom stereocenters. The van der Waals surface area contributed by atoms with Crippen LogP contribution in [0, 0.1) is 0 Å². The van der Waals surface area contributed by atoms with Crippen molar-refractivity contribution in [3.63, 3.8) is 0 Å². The number of hydrogen-bond donors (Lipinski definition) is 0. The van der Waals surface area contributed by atoms with Gasteiger partial charge >= 0.3 is 5.97 Å². The molecule has 0 rings (SSSR count). The molecule has 0 spiro atoms. The van der Waals surface area contributed by atoms with Gasteiger partial charge in [0.15, 0.2) is 0 Å². The minimum Gasteiger partial charge on any atom is -0.466 e. The number of halogens is 1. The maximum Gasteiger partial charge on any atom is 0.333 e. The number of alkyl halides is 1. The number of ether oxygens (including phenoxy) is 1. The van der Waals surface area contributed by atoms with Gasteiger partial charge in [-0.05, 0) is 25.7 Å². The third-order valence-corrected chi connectivity index (χ3v) is 1.95. The standard InChI is InChI=1S/C11H19FO2/c1-3-7-10(11(13)14-2)8-5-4-6-9-12/h8H,3-7,9H2,1-2H3. The van der Waals surface area contributed by atoms with E-state index in [0.717, 1.165) is 25.7 Å². The Morgan fingerprint density at radius 2 is 2.14 bits per heavy atom. The second-order valence-corrected chi connectivity index (χ2v) is 3.16. The van der Waals surface area contributed by atoms with E-state index in [1.807, 2.05) is 13.0 Å². The van der Waals surface area contributed by atoms with Gasteiger partial charge in [0.05, 0.1) is 13.8 Å². The van der Waals surface area contributed by atoms with Crippen molar-refractivity contribution in [3.8, 4) is 0 Å². The molecule has 0 aromatic rings. The van der Waals surface area contributed by atoms with Crippen LogP contribution in [0.3, 0.4) is 0 Å². The molecule has 2 nitrogen and oxygen atoms in total. The summed E-state index contributed by atoms with van der Waals surface area (Å²) in [6.45, 7) is 1.73. The SMILES string of the molecule is CCCC(=CCCCCF)C(=O)OC. The van der Waals surface area contributed by atoms with Crippen molar-refractivity contribution in [2.24, 2.45) is 0 Å². The van der Waals surface area contributed by atoms with Crippen molar-refractivity contribution in [2.75, 3.05) is 13.8 Å². The first-order valence-corrected chi connectivity index (χ1v) is 5.09. The average molecular weight is 202 g/mol. The third-order valence-electron chi connectivity index (χ3n) is 1.95. The molecule has 0 N–H and O–H groups in total. The fourth-order valence-electron chi connectivity index (χ4n) is 1.20. The normalized spacial score (nSPS) is 11.5. The number of carbonyl (C=O) groups is 1. The molecular formula is C11H19FO2. The molecular weight excluding hydrogens is 183 g/mol. The fourth-order valence-corrected chi connectivity index (χ4v) is 1.20. The maximum absolute atomic E-state index is 11.8. The summed E-state index contributed by atoms with van der Waals surface area (Å²) in [5.41, 5.74) is 0.717. The number of allylic oxidation sites excluding steroid dienone is 1. The lowest BCUT2D eigenvalue weighted by molar-refractivity contribution is -0.136. The number of hydrogen-bond acceptors (Lipinski definition) is 2. The van der Waals surface area contributed by atoms with E-state index < -0.39 is 0 Å². The van der Waals surface area contributed by atoms with Crippen LogP contribution in [-0.4, -0.2) is 19.8 Å². The summed E-state index contributed by atoms with van der Waals surface area (Å²) < 4.78 is 16.4. The number of rotatable bonds is 7. The highest BCUT2D eigenvalue weighted by molar-refractivity contribution is 5.88. The van der Waals surface area contributed by atoms with Crippen LogP contribution < -0.4 is 0 Å². The Morgan fingerprint density at radius 3 is 2.64 bits per heavy atom. The second-order valence-electron chi connectivity index (χ2n) is 3.16. The van der Waals surface area contributed by atoms with E-state index in [4.69, 9.17) is 0 Å². The average Bonchev–Trinajstić information content (AvgIpc) is 2.21. The number of esters is 1. The highest BCUT2D eigenvalue weighted by Crippen LogP contribution is 2.09. The van der Waals surface area contributed by atoms with Gasteiger partial charge < -0.3 is 4.74 Å². The lowest BCUT2D eigenvalue weighted by atomic mass is 10.1. The van der Waals surface area contributed by atoms with Crippen LogP contribution in [0.5, 0.6) is 0 Å². The minimum atomic E-state index is -0.283. The van der Waals surface area contributed by atoms with Gasteiger partial charge in [-0.2, -0.15) is 0 Å². The molecule has 0 aromatic heterocycles. The van der Waals surface area contributed by atoms with Gasteiger partial charge in [-0.1, -0.05) is 19.4 Å². The van der Waals surface area contributed by atoms with Crippen LogP contribution in [0.25, 0.3) is 0 Å². The van der Waals surface area contributed by atoms with Gasteiger partial charge in [-0.25, -0.2) is 4.79 Å². The number of unbranched alkanes of at least 4 members (excludes halogenated alkanes) is 2. The van der Waals surface area contributed by atoms with E-state index in [1.54, 1.807) is 0 Å². The molecule has 0 amide bonds. The Labute approximate surface area is 85.1 Å². The monoisotopic (exact) mass is 202 g/mol. The highest BCUT2D eigenvalue weighted by Gasteiger charge is 2.06. The quantitative estimate of drug-likeness (QED) is 0.360. The van der Waals surface area contributed by atoms with Crippen molar-refractivity contribution in [1.29, 1.82) is 0 Å². The van der Waals surface area contributed by atoms with Gasteiger partial charge in [-0.3, -0.25) is 4.39 Å². The smallest absolute Gasteiger partial charge is 0.333 e. The van der Waals surface area contributed by atoms with Gasteiger partial charge in [0.25, 0.3) is 0 Å². The summed E-state index contributed by atoms with van der Waals surface area (Å²) in [4.78, 5) is 11.2. The van der Waals surface area contributed by atoms with Crippen molar-refractivity contribution in [3.05, 3.63) is 11.6 Å². The second kappa shape index (κ2) is 8.73. The Hall–Kier alpha value is -0.860. The Balaban J connectivity index is 3.98. The van der Waals surface area contributed by atoms with Gasteiger partial charge in [0, 0.05) is 5.57 Å². The van der Waals surface area contributed by atoms with Crippen LogP contribution >= 0.6 is 0 Å².